The van der Waals surface area contributed by atoms with E-state index in [0.29, 0.717) is 18.2 Å². The van der Waals surface area contributed by atoms with Gasteiger partial charge in [0.1, 0.15) is 0 Å². The maximum absolute atomic E-state index is 10.9. The average molecular weight is 291 g/mol. The zero-order valence-electron chi connectivity index (χ0n) is 12.1. The van der Waals surface area contributed by atoms with E-state index in [2.05, 4.69) is 9.69 Å². The van der Waals surface area contributed by atoms with Crippen molar-refractivity contribution in [2.45, 2.75) is 43.9 Å². The van der Waals surface area contributed by atoms with Crippen molar-refractivity contribution in [1.82, 2.24) is 4.90 Å². The molecule has 0 amide bonds. The Balaban J connectivity index is 0.000000173. The van der Waals surface area contributed by atoms with Crippen molar-refractivity contribution in [2.75, 3.05) is 7.05 Å². The predicted octanol–water partition coefficient (Wildman–Crippen LogP) is 1.09. The fourth-order valence-electron chi connectivity index (χ4n) is 3.35. The number of carbonyl (C=O) groups is 1. The van der Waals surface area contributed by atoms with Gasteiger partial charge in [0, 0.05) is 18.2 Å². The van der Waals surface area contributed by atoms with E-state index in [1.54, 1.807) is 6.08 Å². The molecule has 2 aliphatic heterocycles. The Morgan fingerprint density at radius 1 is 1.43 bits per heavy atom. The fraction of sp³-hybridized carbons (Fsp3) is 0.600. The standard InChI is InChI=1S/C9H15NO3.C6H6N2/c1-10-5-2-3-6(10)8(9(12)13)7(11)4-5;7-8-6-4-2-1-3-5-6/h5-8,11H,2-4H2,1H3,(H,12,13);1-4H,5H2/t5-,6+,7-,8+;/m0./s1. The van der Waals surface area contributed by atoms with Crippen LogP contribution in [-0.2, 0) is 4.79 Å². The number of aliphatic hydroxyl groups excluding tert-OH is 1. The van der Waals surface area contributed by atoms with Gasteiger partial charge in [0.25, 0.3) is 5.71 Å². The lowest BCUT2D eigenvalue weighted by Crippen LogP contribution is -2.51. The van der Waals surface area contributed by atoms with Crippen molar-refractivity contribution < 1.29 is 19.8 Å². The molecule has 3 aliphatic rings. The maximum Gasteiger partial charge on any atom is 0.310 e. The Kier molecular flexibility index (Phi) is 5.07. The molecule has 21 heavy (non-hydrogen) atoms. The number of hydrogen-bond donors (Lipinski definition) is 2. The van der Waals surface area contributed by atoms with Crippen LogP contribution < -0.4 is 0 Å². The van der Waals surface area contributed by atoms with E-state index in [-0.39, 0.29) is 6.04 Å². The van der Waals surface area contributed by atoms with E-state index < -0.39 is 18.0 Å². The van der Waals surface area contributed by atoms with Crippen LogP contribution in [-0.4, -0.2) is 56.8 Å². The van der Waals surface area contributed by atoms with Crippen molar-refractivity contribution in [2.24, 2.45) is 5.92 Å². The summed E-state index contributed by atoms with van der Waals surface area (Å²) in [6, 6.07) is 0.446. The van der Waals surface area contributed by atoms with Gasteiger partial charge in [0.2, 0.25) is 0 Å². The van der Waals surface area contributed by atoms with Crippen molar-refractivity contribution in [3.05, 3.63) is 29.8 Å². The molecule has 1 aliphatic carbocycles. The summed E-state index contributed by atoms with van der Waals surface area (Å²) in [7, 11) is 1.96. The summed E-state index contributed by atoms with van der Waals surface area (Å²) in [4.78, 5) is 16.1. The summed E-state index contributed by atoms with van der Waals surface area (Å²) in [5, 5.41) is 18.6. The Morgan fingerprint density at radius 2 is 2.19 bits per heavy atom. The van der Waals surface area contributed by atoms with Crippen LogP contribution in [0.3, 0.4) is 0 Å². The number of piperidine rings is 1. The van der Waals surface area contributed by atoms with E-state index in [4.69, 9.17) is 10.6 Å². The molecule has 3 rings (SSSR count). The lowest BCUT2D eigenvalue weighted by atomic mass is 9.88. The number of rotatable bonds is 1. The molecule has 2 saturated heterocycles. The van der Waals surface area contributed by atoms with Crippen molar-refractivity contribution in [3.8, 4) is 0 Å². The number of carboxylic acid groups (broad SMARTS) is 1. The Bertz CT molecular complexity index is 508. The number of fused-ring (bicyclic) bond motifs is 2. The van der Waals surface area contributed by atoms with Crippen LogP contribution in [0.25, 0.3) is 5.53 Å². The smallest absolute Gasteiger partial charge is 0.310 e. The first kappa shape index (κ1) is 15.6. The van der Waals surface area contributed by atoms with E-state index in [0.717, 1.165) is 19.3 Å². The predicted molar refractivity (Wildman–Crippen MR) is 77.8 cm³/mol. The van der Waals surface area contributed by atoms with E-state index in [1.807, 2.05) is 25.3 Å². The van der Waals surface area contributed by atoms with Crippen molar-refractivity contribution >= 4 is 11.7 Å². The highest BCUT2D eigenvalue weighted by molar-refractivity contribution is 5.92. The maximum atomic E-state index is 10.9. The summed E-state index contributed by atoms with van der Waals surface area (Å²) >= 11 is 0. The minimum absolute atomic E-state index is 0.0475. The molecular weight excluding hydrogens is 270 g/mol. The van der Waals surface area contributed by atoms with Crippen LogP contribution in [0.5, 0.6) is 0 Å². The summed E-state index contributed by atoms with van der Waals surface area (Å²) in [5.41, 5.74) is 8.91. The Hall–Kier alpha value is -1.75. The third-order valence-corrected chi connectivity index (χ3v) is 4.51. The molecule has 0 aromatic carbocycles. The quantitative estimate of drug-likeness (QED) is 0.558. The van der Waals surface area contributed by atoms with Gasteiger partial charge in [0.15, 0.2) is 0 Å². The number of hydrogen-bond acceptors (Lipinski definition) is 3. The van der Waals surface area contributed by atoms with Crippen LogP contribution in [0.2, 0.25) is 0 Å². The number of aliphatic carboxylic acids is 1. The van der Waals surface area contributed by atoms with Crippen LogP contribution in [0, 0.1) is 5.92 Å². The second-order valence-electron chi connectivity index (χ2n) is 5.71. The van der Waals surface area contributed by atoms with Crippen LogP contribution in [0.1, 0.15) is 25.7 Å². The molecule has 0 aromatic heterocycles. The molecule has 2 fully saturated rings. The molecule has 4 atom stereocenters. The molecular formula is C15H21N3O3. The third-order valence-electron chi connectivity index (χ3n) is 4.51. The van der Waals surface area contributed by atoms with Gasteiger partial charge in [0.05, 0.1) is 18.4 Å². The lowest BCUT2D eigenvalue weighted by Gasteiger charge is -2.38. The molecule has 6 nitrogen and oxygen atoms in total. The number of allylic oxidation sites excluding steroid dienone is 4. The van der Waals surface area contributed by atoms with Gasteiger partial charge in [-0.2, -0.15) is 4.79 Å². The second-order valence-corrected chi connectivity index (χ2v) is 5.71. The van der Waals surface area contributed by atoms with Crippen LogP contribution >= 0.6 is 0 Å². The number of carboxylic acids is 1. The molecule has 2 bridgehead atoms. The van der Waals surface area contributed by atoms with Crippen LogP contribution in [0.15, 0.2) is 24.3 Å². The van der Waals surface area contributed by atoms with E-state index >= 15 is 0 Å². The van der Waals surface area contributed by atoms with Crippen molar-refractivity contribution in [1.29, 1.82) is 0 Å². The zero-order valence-corrected chi connectivity index (χ0v) is 12.1. The van der Waals surface area contributed by atoms with Crippen molar-refractivity contribution in [3.63, 3.8) is 0 Å². The van der Waals surface area contributed by atoms with Gasteiger partial charge in [-0.15, -0.1) is 0 Å². The molecule has 0 radical (unpaired) electrons. The number of nitrogens with zero attached hydrogens (tertiary/aromatic N) is 3. The van der Waals surface area contributed by atoms with Gasteiger partial charge in [-0.05, 0) is 26.3 Å². The molecule has 0 saturated carbocycles. The molecule has 114 valence electrons. The van der Waals surface area contributed by atoms with Crippen LogP contribution in [0.4, 0.5) is 0 Å². The monoisotopic (exact) mass is 291 g/mol. The summed E-state index contributed by atoms with van der Waals surface area (Å²) < 4.78 is 0. The molecule has 0 unspecified atom stereocenters. The third kappa shape index (κ3) is 3.47. The lowest BCUT2D eigenvalue weighted by molar-refractivity contribution is -0.151. The SMILES string of the molecule is CN1[C@H]2CC[C@@H]1[C@@H](C(=O)O)[C@@H](O)C2.[N-]=[N+]=C1C=CC=CC1. The fourth-order valence-corrected chi connectivity index (χ4v) is 3.35. The number of aliphatic hydroxyl groups is 1. The Morgan fingerprint density at radius 3 is 2.71 bits per heavy atom. The minimum atomic E-state index is -0.857. The summed E-state index contributed by atoms with van der Waals surface area (Å²) in [6.07, 6.45) is 10.1. The summed E-state index contributed by atoms with van der Waals surface area (Å²) in [5.74, 6) is -1.44. The van der Waals surface area contributed by atoms with Gasteiger partial charge < -0.3 is 15.7 Å². The van der Waals surface area contributed by atoms with Gasteiger partial charge in [-0.3, -0.25) is 9.69 Å². The largest absolute Gasteiger partial charge is 0.481 e. The first-order chi connectivity index (χ1) is 10.0. The Labute approximate surface area is 124 Å². The molecule has 2 N–H and O–H groups in total. The normalized spacial score (nSPS) is 34.1. The van der Waals surface area contributed by atoms with Gasteiger partial charge in [-0.1, -0.05) is 18.2 Å². The summed E-state index contributed by atoms with van der Waals surface area (Å²) in [6.45, 7) is 0. The highest BCUT2D eigenvalue weighted by Crippen LogP contribution is 2.38. The second kappa shape index (κ2) is 6.80. The highest BCUT2D eigenvalue weighted by atomic mass is 16.4. The first-order valence-electron chi connectivity index (χ1n) is 7.21. The molecule has 0 aromatic rings. The van der Waals surface area contributed by atoms with Gasteiger partial charge in [-0.25, -0.2) is 0 Å². The zero-order chi connectivity index (χ0) is 15.4. The highest BCUT2D eigenvalue weighted by Gasteiger charge is 2.48. The minimum Gasteiger partial charge on any atom is -0.481 e. The molecule has 6 heteroatoms. The topological polar surface area (TPSA) is 97.2 Å². The molecule has 0 spiro atoms. The first-order valence-corrected chi connectivity index (χ1v) is 7.21. The molecule has 2 heterocycles. The average Bonchev–Trinajstić information content (AvgIpc) is 2.73. The van der Waals surface area contributed by atoms with E-state index in [1.165, 1.54) is 0 Å². The van der Waals surface area contributed by atoms with Gasteiger partial charge >= 0.3 is 5.97 Å². The van der Waals surface area contributed by atoms with E-state index in [9.17, 15) is 9.90 Å².